The van der Waals surface area contributed by atoms with Crippen LogP contribution in [0.2, 0.25) is 0 Å². The van der Waals surface area contributed by atoms with Crippen molar-refractivity contribution >= 4 is 49.9 Å². The number of carbonyl (C=O) groups excluding carboxylic acids is 2. The van der Waals surface area contributed by atoms with Crippen molar-refractivity contribution in [2.75, 3.05) is 17.3 Å². The lowest BCUT2D eigenvalue weighted by atomic mass is 9.85. The molecule has 1 aromatic heterocycles. The maximum absolute atomic E-state index is 12.5. The largest absolute Gasteiger partial charge is 0.314 e. The Hall–Kier alpha value is -2.51. The molecule has 7 heteroatoms. The first-order valence-electron chi connectivity index (χ1n) is 8.73. The number of likely N-dealkylation sites (N-methyl/N-ethyl adjacent to an activating group) is 1. The second kappa shape index (κ2) is 6.83. The molecule has 5 nitrogen and oxygen atoms in total. The molecule has 28 heavy (non-hydrogen) atoms. The highest BCUT2D eigenvalue weighted by Crippen LogP contribution is 2.42. The number of fused-ring (bicyclic) bond motifs is 1. The van der Waals surface area contributed by atoms with Gasteiger partial charge < -0.3 is 4.90 Å². The van der Waals surface area contributed by atoms with Crippen molar-refractivity contribution in [1.82, 2.24) is 4.98 Å². The summed E-state index contributed by atoms with van der Waals surface area (Å²) in [6, 6.07) is 13.2. The zero-order chi connectivity index (χ0) is 20.1. The molecule has 1 N–H and O–H groups in total. The summed E-state index contributed by atoms with van der Waals surface area (Å²) in [5, 5.41) is 5.29. The van der Waals surface area contributed by atoms with Gasteiger partial charge in [0.1, 0.15) is 0 Å². The van der Waals surface area contributed by atoms with Gasteiger partial charge in [-0.25, -0.2) is 4.98 Å². The predicted molar refractivity (Wildman–Crippen MR) is 116 cm³/mol. The van der Waals surface area contributed by atoms with Crippen LogP contribution in [0.15, 0.2) is 52.3 Å². The molecule has 3 aromatic rings. The van der Waals surface area contributed by atoms with Gasteiger partial charge in [-0.2, -0.15) is 0 Å². The average Bonchev–Trinajstić information content (AvgIpc) is 3.20. The lowest BCUT2D eigenvalue weighted by Crippen LogP contribution is -2.33. The lowest BCUT2D eigenvalue weighted by molar-refractivity contribution is -0.121. The molecule has 142 valence electrons. The number of aromatic nitrogens is 1. The van der Waals surface area contributed by atoms with Gasteiger partial charge >= 0.3 is 0 Å². The smallest absolute Gasteiger partial charge is 0.258 e. The minimum atomic E-state index is -0.563. The van der Waals surface area contributed by atoms with E-state index < -0.39 is 5.41 Å². The Labute approximate surface area is 175 Å². The Morgan fingerprint density at radius 1 is 1.21 bits per heavy atom. The molecule has 0 saturated carbocycles. The summed E-state index contributed by atoms with van der Waals surface area (Å²) in [5.74, 6) is -0.130. The Morgan fingerprint density at radius 2 is 1.96 bits per heavy atom. The predicted octanol–water partition coefficient (Wildman–Crippen LogP) is 5.08. The summed E-state index contributed by atoms with van der Waals surface area (Å²) in [6.45, 7) is 3.87. The molecule has 2 heterocycles. The van der Waals surface area contributed by atoms with E-state index in [9.17, 15) is 9.59 Å². The zero-order valence-electron chi connectivity index (χ0n) is 15.6. The summed E-state index contributed by atoms with van der Waals surface area (Å²) in [5.41, 5.74) is 3.61. The summed E-state index contributed by atoms with van der Waals surface area (Å²) >= 11 is 4.76. The SMILES string of the molecule is CN1C(=O)C(C)(C)c2cc(-c3csc(NC(=O)c4ccccc4Br)n3)ccc21. The first kappa shape index (κ1) is 18.8. The third kappa shape index (κ3) is 3.04. The van der Waals surface area contributed by atoms with Crippen LogP contribution in [-0.2, 0) is 10.2 Å². The molecular weight excluding hydrogens is 438 g/mol. The summed E-state index contributed by atoms with van der Waals surface area (Å²) in [7, 11) is 1.80. The van der Waals surface area contributed by atoms with Gasteiger partial charge in [-0.1, -0.05) is 18.2 Å². The molecule has 0 saturated heterocycles. The van der Waals surface area contributed by atoms with Crippen LogP contribution in [0.1, 0.15) is 29.8 Å². The highest BCUT2D eigenvalue weighted by atomic mass is 79.9. The molecule has 2 aromatic carbocycles. The van der Waals surface area contributed by atoms with Crippen molar-refractivity contribution in [3.63, 3.8) is 0 Å². The van der Waals surface area contributed by atoms with Crippen molar-refractivity contribution in [2.45, 2.75) is 19.3 Å². The molecule has 0 atom stereocenters. The fourth-order valence-electron chi connectivity index (χ4n) is 3.41. The van der Waals surface area contributed by atoms with Gasteiger partial charge in [0, 0.05) is 28.2 Å². The number of nitrogens with zero attached hydrogens (tertiary/aromatic N) is 2. The molecular formula is C21H18BrN3O2S. The number of nitrogens with one attached hydrogen (secondary N) is 1. The van der Waals surface area contributed by atoms with E-state index in [1.54, 1.807) is 18.0 Å². The minimum Gasteiger partial charge on any atom is -0.314 e. The number of carbonyl (C=O) groups is 2. The number of amides is 2. The van der Waals surface area contributed by atoms with Crippen molar-refractivity contribution in [2.24, 2.45) is 0 Å². The lowest BCUT2D eigenvalue weighted by Gasteiger charge is -2.16. The number of hydrogen-bond donors (Lipinski definition) is 1. The van der Waals surface area contributed by atoms with Crippen LogP contribution in [0.3, 0.4) is 0 Å². The first-order valence-corrected chi connectivity index (χ1v) is 10.4. The molecule has 0 radical (unpaired) electrons. The summed E-state index contributed by atoms with van der Waals surface area (Å²) < 4.78 is 0.735. The molecule has 4 rings (SSSR count). The molecule has 0 spiro atoms. The van der Waals surface area contributed by atoms with Crippen LogP contribution < -0.4 is 10.2 Å². The number of thiazole rings is 1. The van der Waals surface area contributed by atoms with Gasteiger partial charge in [-0.05, 0) is 59.6 Å². The van der Waals surface area contributed by atoms with Crippen molar-refractivity contribution in [3.05, 3.63) is 63.4 Å². The Bertz CT molecular complexity index is 1110. The van der Waals surface area contributed by atoms with Crippen LogP contribution >= 0.6 is 27.3 Å². The van der Waals surface area contributed by atoms with Crippen molar-refractivity contribution in [3.8, 4) is 11.3 Å². The number of rotatable bonds is 3. The van der Waals surface area contributed by atoms with E-state index in [4.69, 9.17) is 0 Å². The highest BCUT2D eigenvalue weighted by Gasteiger charge is 2.42. The fourth-order valence-corrected chi connectivity index (χ4v) is 4.59. The molecule has 1 aliphatic rings. The highest BCUT2D eigenvalue weighted by molar-refractivity contribution is 9.10. The maximum Gasteiger partial charge on any atom is 0.258 e. The number of benzene rings is 2. The third-order valence-electron chi connectivity index (χ3n) is 5.01. The molecule has 0 fully saturated rings. The quantitative estimate of drug-likeness (QED) is 0.598. The molecule has 2 amide bonds. The number of anilines is 2. The maximum atomic E-state index is 12.5. The van der Waals surface area contributed by atoms with E-state index in [-0.39, 0.29) is 11.8 Å². The molecule has 0 aliphatic carbocycles. The van der Waals surface area contributed by atoms with E-state index in [1.165, 1.54) is 11.3 Å². The number of hydrogen-bond acceptors (Lipinski definition) is 4. The average molecular weight is 456 g/mol. The van der Waals surface area contributed by atoms with Crippen LogP contribution in [0, 0.1) is 0 Å². The van der Waals surface area contributed by atoms with E-state index >= 15 is 0 Å². The van der Waals surface area contributed by atoms with Gasteiger partial charge in [-0.15, -0.1) is 11.3 Å². The van der Waals surface area contributed by atoms with Gasteiger partial charge in [0.05, 0.1) is 16.7 Å². The zero-order valence-corrected chi connectivity index (χ0v) is 18.0. The topological polar surface area (TPSA) is 62.3 Å². The van der Waals surface area contributed by atoms with Gasteiger partial charge in [0.25, 0.3) is 5.91 Å². The minimum absolute atomic E-state index is 0.0827. The summed E-state index contributed by atoms with van der Waals surface area (Å²) in [6.07, 6.45) is 0. The first-order chi connectivity index (χ1) is 13.3. The number of halogens is 1. The van der Waals surface area contributed by atoms with E-state index in [1.807, 2.05) is 55.6 Å². The second-order valence-electron chi connectivity index (χ2n) is 7.19. The molecule has 1 aliphatic heterocycles. The van der Waals surface area contributed by atoms with Crippen LogP contribution in [0.4, 0.5) is 10.8 Å². The summed E-state index contributed by atoms with van der Waals surface area (Å²) in [4.78, 5) is 31.2. The van der Waals surface area contributed by atoms with Gasteiger partial charge in [0.15, 0.2) is 5.13 Å². The standard InChI is InChI=1S/C21H18BrN3O2S/c1-21(2)14-10-12(8-9-17(14)25(3)19(21)27)16-11-28-20(23-16)24-18(26)13-6-4-5-7-15(13)22/h4-11H,1-3H3,(H,23,24,26). The van der Waals surface area contributed by atoms with Gasteiger partial charge in [-0.3, -0.25) is 14.9 Å². The molecule has 0 unspecified atom stereocenters. The van der Waals surface area contributed by atoms with E-state index in [0.29, 0.717) is 10.7 Å². The van der Waals surface area contributed by atoms with Crippen molar-refractivity contribution in [1.29, 1.82) is 0 Å². The van der Waals surface area contributed by atoms with E-state index in [0.717, 1.165) is 27.0 Å². The third-order valence-corrected chi connectivity index (χ3v) is 6.46. The second-order valence-corrected chi connectivity index (χ2v) is 8.91. The van der Waals surface area contributed by atoms with Crippen LogP contribution in [0.25, 0.3) is 11.3 Å². The Morgan fingerprint density at radius 3 is 2.71 bits per heavy atom. The Balaban J connectivity index is 1.61. The van der Waals surface area contributed by atoms with E-state index in [2.05, 4.69) is 26.2 Å². The fraction of sp³-hybridized carbons (Fsp3) is 0.190. The Kier molecular flexibility index (Phi) is 4.59. The molecule has 0 bridgehead atoms. The van der Waals surface area contributed by atoms with Crippen LogP contribution in [-0.4, -0.2) is 23.8 Å². The van der Waals surface area contributed by atoms with Crippen LogP contribution in [0.5, 0.6) is 0 Å². The normalized spacial score (nSPS) is 14.9. The van der Waals surface area contributed by atoms with Crippen molar-refractivity contribution < 1.29 is 9.59 Å². The van der Waals surface area contributed by atoms with Gasteiger partial charge in [0.2, 0.25) is 5.91 Å². The monoisotopic (exact) mass is 455 g/mol.